The number of nitro benzene ring substituents is 1. The Morgan fingerprint density at radius 3 is 2.00 bits per heavy atom. The molecule has 0 saturated carbocycles. The molecule has 0 amide bonds. The maximum Gasteiger partial charge on any atom is 0.303 e. The third-order valence-electron chi connectivity index (χ3n) is 3.60. The van der Waals surface area contributed by atoms with Crippen LogP contribution in [0.4, 0.5) is 5.69 Å². The second kappa shape index (κ2) is 9.40. The smallest absolute Gasteiger partial charge is 0.303 e. The van der Waals surface area contributed by atoms with Crippen LogP contribution in [-0.2, 0) is 28.6 Å². The third kappa shape index (κ3) is 5.84. The van der Waals surface area contributed by atoms with Crippen LogP contribution in [0.15, 0.2) is 24.3 Å². The van der Waals surface area contributed by atoms with Crippen molar-refractivity contribution in [3.05, 3.63) is 34.4 Å². The van der Waals surface area contributed by atoms with Crippen LogP contribution in [0, 0.1) is 10.1 Å². The van der Waals surface area contributed by atoms with Gasteiger partial charge >= 0.3 is 17.9 Å². The van der Waals surface area contributed by atoms with E-state index in [2.05, 4.69) is 0 Å². The molecule has 0 radical (unpaired) electrons. The van der Waals surface area contributed by atoms with Crippen LogP contribution in [0.3, 0.4) is 0 Å². The molecule has 0 aromatic heterocycles. The Bertz CT molecular complexity index is 751. The minimum atomic E-state index is -1.06. The fraction of sp³-hybridized carbons (Fsp3) is 0.471. The van der Waals surface area contributed by atoms with Crippen LogP contribution in [0.25, 0.3) is 0 Å². The molecule has 152 valence electrons. The zero-order valence-corrected chi connectivity index (χ0v) is 16.2. The van der Waals surface area contributed by atoms with Crippen LogP contribution < -0.4 is 4.74 Å². The summed E-state index contributed by atoms with van der Waals surface area (Å²) in [7, 11) is 0. The summed E-state index contributed by atoms with van der Waals surface area (Å²) in [4.78, 5) is 44.7. The number of rotatable bonds is 6. The lowest BCUT2D eigenvalue weighted by atomic mass is 10.1. The predicted octanol–water partition coefficient (Wildman–Crippen LogP) is 1.84. The van der Waals surface area contributed by atoms with Crippen molar-refractivity contribution in [2.45, 2.75) is 44.5 Å². The zero-order valence-electron chi connectivity index (χ0n) is 15.4. The molecule has 0 bridgehead atoms. The number of carbonyl (C=O) groups excluding carboxylic acids is 3. The lowest BCUT2D eigenvalue weighted by molar-refractivity contribution is -0.384. The molecule has 0 unspecified atom stereocenters. The van der Waals surface area contributed by atoms with Crippen molar-refractivity contribution in [3.8, 4) is 5.75 Å². The molecule has 1 aliphatic rings. The van der Waals surface area contributed by atoms with E-state index in [0.717, 1.165) is 0 Å². The number of thioether (sulfide) groups is 1. The molecule has 11 heteroatoms. The van der Waals surface area contributed by atoms with E-state index in [4.69, 9.17) is 18.9 Å². The quantitative estimate of drug-likeness (QED) is 0.294. The number of hydrogen-bond acceptors (Lipinski definition) is 10. The second-order valence-corrected chi connectivity index (χ2v) is 7.00. The molecule has 0 aliphatic carbocycles. The van der Waals surface area contributed by atoms with Crippen molar-refractivity contribution in [3.63, 3.8) is 0 Å². The highest BCUT2D eigenvalue weighted by molar-refractivity contribution is 7.99. The highest BCUT2D eigenvalue weighted by atomic mass is 32.2. The molecule has 1 aromatic carbocycles. The summed E-state index contributed by atoms with van der Waals surface area (Å²) in [6.07, 6.45) is -2.94. The number of nitrogens with zero attached hydrogens (tertiary/aromatic N) is 1. The van der Waals surface area contributed by atoms with Crippen molar-refractivity contribution < 1.29 is 38.3 Å². The maximum atomic E-state index is 11.6. The standard InChI is InChI=1S/C17H19NO9S/c1-9(19)24-14-8-28-17(16(26-11(3)21)15(14)25-10(2)20)27-13-6-4-12(5-7-13)18(22)23/h4-7,14-17H,8H2,1-3H3/t14-,15+,16-,17-/m1/s1. The van der Waals surface area contributed by atoms with Gasteiger partial charge < -0.3 is 18.9 Å². The number of carbonyl (C=O) groups is 3. The molecule has 4 atom stereocenters. The van der Waals surface area contributed by atoms with Crippen LogP contribution in [0.2, 0.25) is 0 Å². The van der Waals surface area contributed by atoms with E-state index in [0.29, 0.717) is 5.75 Å². The lowest BCUT2D eigenvalue weighted by Crippen LogP contribution is -2.55. The van der Waals surface area contributed by atoms with Crippen LogP contribution in [-0.4, -0.2) is 52.3 Å². The van der Waals surface area contributed by atoms with Crippen molar-refractivity contribution >= 4 is 35.4 Å². The largest absolute Gasteiger partial charge is 0.476 e. The highest BCUT2D eigenvalue weighted by Crippen LogP contribution is 2.34. The summed E-state index contributed by atoms with van der Waals surface area (Å²) < 4.78 is 21.6. The van der Waals surface area contributed by atoms with Gasteiger partial charge in [0.15, 0.2) is 23.7 Å². The van der Waals surface area contributed by atoms with E-state index in [1.807, 2.05) is 0 Å². The summed E-state index contributed by atoms with van der Waals surface area (Å²) >= 11 is 1.20. The van der Waals surface area contributed by atoms with Gasteiger partial charge in [-0.25, -0.2) is 0 Å². The average Bonchev–Trinajstić information content (AvgIpc) is 2.59. The summed E-state index contributed by atoms with van der Waals surface area (Å²) in [5.74, 6) is -1.32. The molecule has 28 heavy (non-hydrogen) atoms. The van der Waals surface area contributed by atoms with Gasteiger partial charge in [-0.05, 0) is 12.1 Å². The van der Waals surface area contributed by atoms with Crippen LogP contribution in [0.1, 0.15) is 20.8 Å². The average molecular weight is 413 g/mol. The van der Waals surface area contributed by atoms with Crippen molar-refractivity contribution in [2.24, 2.45) is 0 Å². The molecule has 1 fully saturated rings. The Balaban J connectivity index is 2.25. The minimum Gasteiger partial charge on any atom is -0.476 e. The molecule has 1 aliphatic heterocycles. The lowest BCUT2D eigenvalue weighted by Gasteiger charge is -2.39. The van der Waals surface area contributed by atoms with E-state index < -0.39 is 46.6 Å². The van der Waals surface area contributed by atoms with E-state index in [-0.39, 0.29) is 11.4 Å². The van der Waals surface area contributed by atoms with Crippen molar-refractivity contribution in [1.82, 2.24) is 0 Å². The Kier molecular flexibility index (Phi) is 7.21. The normalized spacial score (nSPS) is 24.0. The van der Waals surface area contributed by atoms with Gasteiger partial charge in [-0.15, -0.1) is 11.8 Å². The number of esters is 3. The molecule has 1 heterocycles. The number of benzene rings is 1. The summed E-state index contributed by atoms with van der Waals surface area (Å²) in [6.45, 7) is 3.59. The fourth-order valence-corrected chi connectivity index (χ4v) is 3.81. The Morgan fingerprint density at radius 1 is 0.964 bits per heavy atom. The van der Waals surface area contributed by atoms with Gasteiger partial charge in [0.2, 0.25) is 0 Å². The SMILES string of the molecule is CC(=O)O[C@@H]1[C@@H](OC(C)=O)[C@H](OC(C)=O)CS[C@H]1Oc1ccc([N+](=O)[O-])cc1. The Morgan fingerprint density at radius 2 is 1.50 bits per heavy atom. The molecule has 2 rings (SSSR count). The molecule has 1 aromatic rings. The Hall–Kier alpha value is -2.82. The number of nitro groups is 1. The first-order chi connectivity index (χ1) is 13.2. The van der Waals surface area contributed by atoms with E-state index in [1.165, 1.54) is 56.8 Å². The minimum absolute atomic E-state index is 0.104. The van der Waals surface area contributed by atoms with E-state index >= 15 is 0 Å². The van der Waals surface area contributed by atoms with Gasteiger partial charge in [0, 0.05) is 38.7 Å². The monoisotopic (exact) mass is 413 g/mol. The Labute approximate surface area is 164 Å². The van der Waals surface area contributed by atoms with Crippen molar-refractivity contribution in [1.29, 1.82) is 0 Å². The first-order valence-corrected chi connectivity index (χ1v) is 9.26. The number of non-ortho nitro benzene ring substituents is 1. The summed E-state index contributed by atoms with van der Waals surface area (Å²) in [5.41, 5.74) is -0.894. The van der Waals surface area contributed by atoms with Gasteiger partial charge in [0.1, 0.15) is 5.75 Å². The van der Waals surface area contributed by atoms with Gasteiger partial charge in [0.05, 0.1) is 4.92 Å². The maximum absolute atomic E-state index is 11.6. The molecular weight excluding hydrogens is 394 g/mol. The van der Waals surface area contributed by atoms with E-state index in [9.17, 15) is 24.5 Å². The molecule has 10 nitrogen and oxygen atoms in total. The first kappa shape index (κ1) is 21.5. The van der Waals surface area contributed by atoms with Gasteiger partial charge in [-0.2, -0.15) is 0 Å². The van der Waals surface area contributed by atoms with E-state index in [1.54, 1.807) is 0 Å². The summed E-state index contributed by atoms with van der Waals surface area (Å²) in [5, 5.41) is 10.8. The van der Waals surface area contributed by atoms with Gasteiger partial charge in [-0.3, -0.25) is 24.5 Å². The zero-order chi connectivity index (χ0) is 20.8. The fourth-order valence-electron chi connectivity index (χ4n) is 2.59. The van der Waals surface area contributed by atoms with Gasteiger partial charge in [0.25, 0.3) is 5.69 Å². The van der Waals surface area contributed by atoms with Crippen molar-refractivity contribution in [2.75, 3.05) is 5.75 Å². The molecule has 1 saturated heterocycles. The second-order valence-electron chi connectivity index (χ2n) is 5.87. The van der Waals surface area contributed by atoms with Crippen LogP contribution in [0.5, 0.6) is 5.75 Å². The molecule has 0 spiro atoms. The molecule has 0 N–H and O–H groups in total. The van der Waals surface area contributed by atoms with Crippen LogP contribution >= 0.6 is 11.8 Å². The van der Waals surface area contributed by atoms with Gasteiger partial charge in [-0.1, -0.05) is 0 Å². The molecular formula is C17H19NO9S. The topological polar surface area (TPSA) is 131 Å². The highest BCUT2D eigenvalue weighted by Gasteiger charge is 2.47. The third-order valence-corrected chi connectivity index (χ3v) is 4.82. The summed E-state index contributed by atoms with van der Waals surface area (Å²) in [6, 6.07) is 5.36. The number of ether oxygens (including phenoxy) is 4. The first-order valence-electron chi connectivity index (χ1n) is 8.21. The number of hydrogen-bond donors (Lipinski definition) is 0. The predicted molar refractivity (Wildman–Crippen MR) is 96.6 cm³/mol.